The number of aryl methyl sites for hydroxylation is 2. The highest BCUT2D eigenvalue weighted by Gasteiger charge is 2.18. The Morgan fingerprint density at radius 3 is 2.65 bits per heavy atom. The summed E-state index contributed by atoms with van der Waals surface area (Å²) in [5.41, 5.74) is 2.24. The summed E-state index contributed by atoms with van der Waals surface area (Å²) in [5.74, 6) is 0.969. The molecule has 0 saturated heterocycles. The van der Waals surface area contributed by atoms with E-state index in [1.807, 2.05) is 31.2 Å². The van der Waals surface area contributed by atoms with E-state index in [1.54, 1.807) is 18.9 Å². The van der Waals surface area contributed by atoms with E-state index in [1.165, 1.54) is 11.3 Å². The van der Waals surface area contributed by atoms with E-state index in [-0.39, 0.29) is 5.91 Å². The average Bonchev–Trinajstić information content (AvgIpc) is 3.13. The first kappa shape index (κ1) is 15.4. The van der Waals surface area contributed by atoms with Crippen molar-refractivity contribution in [2.45, 2.75) is 20.4 Å². The van der Waals surface area contributed by atoms with Gasteiger partial charge in [-0.1, -0.05) is 35.5 Å². The maximum atomic E-state index is 12.6. The summed E-state index contributed by atoms with van der Waals surface area (Å²) < 4.78 is 4.94. The van der Waals surface area contributed by atoms with Crippen LogP contribution in [0.1, 0.15) is 27.0 Å². The Kier molecular flexibility index (Phi) is 4.25. The molecular formula is C17H17N3O2S. The van der Waals surface area contributed by atoms with Crippen molar-refractivity contribution < 1.29 is 9.32 Å². The van der Waals surface area contributed by atoms with Gasteiger partial charge in [0.2, 0.25) is 5.89 Å². The fraction of sp³-hybridized carbons (Fsp3) is 0.235. The number of nitrogens with zero attached hydrogens (tertiary/aromatic N) is 3. The van der Waals surface area contributed by atoms with Crippen molar-refractivity contribution >= 4 is 17.2 Å². The molecule has 0 radical (unpaired) electrons. The van der Waals surface area contributed by atoms with Crippen LogP contribution in [0.2, 0.25) is 0 Å². The van der Waals surface area contributed by atoms with Gasteiger partial charge < -0.3 is 9.42 Å². The SMILES string of the molecule is Cc1nc(CN(C)C(=O)c2cc(C)c(-c3ccccc3)s2)no1. The molecule has 3 rings (SSSR count). The normalized spacial score (nSPS) is 10.7. The highest BCUT2D eigenvalue weighted by molar-refractivity contribution is 7.17. The second-order valence-corrected chi connectivity index (χ2v) is 6.43. The van der Waals surface area contributed by atoms with Gasteiger partial charge in [0.1, 0.15) is 0 Å². The maximum Gasteiger partial charge on any atom is 0.264 e. The topological polar surface area (TPSA) is 59.2 Å². The van der Waals surface area contributed by atoms with Gasteiger partial charge in [-0.15, -0.1) is 11.3 Å². The van der Waals surface area contributed by atoms with Crippen LogP contribution in [0.4, 0.5) is 0 Å². The molecule has 118 valence electrons. The summed E-state index contributed by atoms with van der Waals surface area (Å²) in [5, 5.41) is 3.83. The molecule has 0 bridgehead atoms. The molecule has 0 aliphatic carbocycles. The molecule has 0 atom stereocenters. The quantitative estimate of drug-likeness (QED) is 0.733. The summed E-state index contributed by atoms with van der Waals surface area (Å²) in [6.07, 6.45) is 0. The van der Waals surface area contributed by atoms with Gasteiger partial charge in [-0.05, 0) is 24.1 Å². The van der Waals surface area contributed by atoms with Crippen LogP contribution in [0.25, 0.3) is 10.4 Å². The highest BCUT2D eigenvalue weighted by atomic mass is 32.1. The lowest BCUT2D eigenvalue weighted by Crippen LogP contribution is -2.25. The summed E-state index contributed by atoms with van der Waals surface area (Å²) in [6.45, 7) is 4.08. The Balaban J connectivity index is 1.80. The molecule has 1 amide bonds. The van der Waals surface area contributed by atoms with Crippen LogP contribution < -0.4 is 0 Å². The predicted molar refractivity (Wildman–Crippen MR) is 89.3 cm³/mol. The number of aromatic nitrogens is 2. The molecule has 2 aromatic heterocycles. The van der Waals surface area contributed by atoms with Gasteiger partial charge in [0, 0.05) is 18.8 Å². The number of hydrogen-bond donors (Lipinski definition) is 0. The first-order valence-corrected chi connectivity index (χ1v) is 8.07. The molecule has 0 aliphatic rings. The van der Waals surface area contributed by atoms with Crippen molar-refractivity contribution in [2.75, 3.05) is 7.05 Å². The molecule has 6 heteroatoms. The van der Waals surface area contributed by atoms with Gasteiger partial charge in [-0.3, -0.25) is 4.79 Å². The zero-order chi connectivity index (χ0) is 16.4. The third-order valence-corrected chi connectivity index (χ3v) is 4.73. The van der Waals surface area contributed by atoms with Gasteiger partial charge in [0.25, 0.3) is 5.91 Å². The molecule has 3 aromatic rings. The Labute approximate surface area is 138 Å². The summed E-state index contributed by atoms with van der Waals surface area (Å²) in [6, 6.07) is 12.0. The van der Waals surface area contributed by atoms with Crippen LogP contribution in [0.15, 0.2) is 40.9 Å². The van der Waals surface area contributed by atoms with Crippen molar-refractivity contribution in [3.8, 4) is 10.4 Å². The number of carbonyl (C=O) groups excluding carboxylic acids is 1. The molecule has 0 fully saturated rings. The molecule has 0 spiro atoms. The average molecular weight is 327 g/mol. The van der Waals surface area contributed by atoms with Gasteiger partial charge in [0.15, 0.2) is 5.82 Å². The van der Waals surface area contributed by atoms with E-state index in [9.17, 15) is 4.79 Å². The predicted octanol–water partition coefficient (Wildman–Crippen LogP) is 3.69. The molecule has 2 heterocycles. The lowest BCUT2D eigenvalue weighted by molar-refractivity contribution is 0.0785. The van der Waals surface area contributed by atoms with Crippen molar-refractivity contribution in [2.24, 2.45) is 0 Å². The maximum absolute atomic E-state index is 12.6. The van der Waals surface area contributed by atoms with Gasteiger partial charge >= 0.3 is 0 Å². The van der Waals surface area contributed by atoms with Crippen LogP contribution >= 0.6 is 11.3 Å². The fourth-order valence-corrected chi connectivity index (χ4v) is 3.51. The smallest absolute Gasteiger partial charge is 0.264 e. The number of amides is 1. The Bertz CT molecular complexity index is 823. The van der Waals surface area contributed by atoms with Crippen LogP contribution in [-0.4, -0.2) is 28.0 Å². The first-order valence-electron chi connectivity index (χ1n) is 7.25. The second kappa shape index (κ2) is 6.34. The zero-order valence-electron chi connectivity index (χ0n) is 13.2. The largest absolute Gasteiger partial charge is 0.340 e. The number of benzene rings is 1. The molecule has 0 saturated carbocycles. The minimum Gasteiger partial charge on any atom is -0.340 e. The van der Waals surface area contributed by atoms with Crippen LogP contribution in [-0.2, 0) is 6.54 Å². The van der Waals surface area contributed by atoms with E-state index >= 15 is 0 Å². The second-order valence-electron chi connectivity index (χ2n) is 5.38. The minimum atomic E-state index is -0.0391. The van der Waals surface area contributed by atoms with E-state index in [0.29, 0.717) is 23.1 Å². The molecule has 5 nitrogen and oxygen atoms in total. The minimum absolute atomic E-state index is 0.0391. The lowest BCUT2D eigenvalue weighted by atomic mass is 10.1. The molecule has 23 heavy (non-hydrogen) atoms. The Morgan fingerprint density at radius 2 is 2.00 bits per heavy atom. The standard InChI is InChI=1S/C17H17N3O2S/c1-11-9-14(23-16(11)13-7-5-4-6-8-13)17(21)20(3)10-15-18-12(2)22-19-15/h4-9H,10H2,1-3H3. The number of rotatable bonds is 4. The third-order valence-electron chi connectivity index (χ3n) is 3.46. The van der Waals surface area contributed by atoms with E-state index in [2.05, 4.69) is 22.3 Å². The molecule has 1 aromatic carbocycles. The Morgan fingerprint density at radius 1 is 1.26 bits per heavy atom. The first-order chi connectivity index (χ1) is 11.0. The Hall–Kier alpha value is -2.47. The van der Waals surface area contributed by atoms with E-state index in [0.717, 1.165) is 16.0 Å². The number of carbonyl (C=O) groups is 1. The van der Waals surface area contributed by atoms with Gasteiger partial charge in [-0.2, -0.15) is 4.98 Å². The summed E-state index contributed by atoms with van der Waals surface area (Å²) >= 11 is 1.51. The molecule has 0 N–H and O–H groups in total. The van der Waals surface area contributed by atoms with Crippen molar-refractivity contribution in [3.63, 3.8) is 0 Å². The van der Waals surface area contributed by atoms with Crippen LogP contribution in [0.5, 0.6) is 0 Å². The summed E-state index contributed by atoms with van der Waals surface area (Å²) in [7, 11) is 1.74. The van der Waals surface area contributed by atoms with Crippen molar-refractivity contribution in [1.82, 2.24) is 15.0 Å². The van der Waals surface area contributed by atoms with E-state index in [4.69, 9.17) is 4.52 Å². The lowest BCUT2D eigenvalue weighted by Gasteiger charge is -2.13. The highest BCUT2D eigenvalue weighted by Crippen LogP contribution is 2.32. The van der Waals surface area contributed by atoms with Crippen molar-refractivity contribution in [1.29, 1.82) is 0 Å². The van der Waals surface area contributed by atoms with Crippen LogP contribution in [0, 0.1) is 13.8 Å². The van der Waals surface area contributed by atoms with Crippen LogP contribution in [0.3, 0.4) is 0 Å². The monoisotopic (exact) mass is 327 g/mol. The zero-order valence-corrected chi connectivity index (χ0v) is 14.1. The third kappa shape index (κ3) is 3.32. The number of thiophene rings is 1. The van der Waals surface area contributed by atoms with Crippen molar-refractivity contribution in [3.05, 3.63) is 58.6 Å². The van der Waals surface area contributed by atoms with Gasteiger partial charge in [-0.25, -0.2) is 0 Å². The molecule has 0 unspecified atom stereocenters. The molecule has 0 aliphatic heterocycles. The fourth-order valence-electron chi connectivity index (χ4n) is 2.34. The van der Waals surface area contributed by atoms with Gasteiger partial charge in [0.05, 0.1) is 11.4 Å². The summed E-state index contributed by atoms with van der Waals surface area (Å²) in [4.78, 5) is 20.2. The molecular weight excluding hydrogens is 310 g/mol. The van der Waals surface area contributed by atoms with E-state index < -0.39 is 0 Å². The number of hydrogen-bond acceptors (Lipinski definition) is 5.